The second-order valence-corrected chi connectivity index (χ2v) is 2.28. The lowest BCUT2D eigenvalue weighted by atomic mass is 10.1. The summed E-state index contributed by atoms with van der Waals surface area (Å²) in [5.41, 5.74) is 6.60. The highest BCUT2D eigenvalue weighted by Gasteiger charge is 2.00. The zero-order valence-corrected chi connectivity index (χ0v) is 7.23. The van der Waals surface area contributed by atoms with E-state index < -0.39 is 0 Å². The van der Waals surface area contributed by atoms with Crippen LogP contribution in [0.2, 0.25) is 0 Å². The molecule has 4 nitrogen and oxygen atoms in total. The van der Waals surface area contributed by atoms with E-state index in [4.69, 9.17) is 15.6 Å². The molecule has 0 spiro atoms. The average Bonchev–Trinajstić information content (AvgIpc) is 2.06. The Bertz CT molecular complexity index is 297. The van der Waals surface area contributed by atoms with Gasteiger partial charge in [0.05, 0.1) is 0 Å². The number of amides is 1. The molecule has 0 fully saturated rings. The number of carbonyl (C=O) groups excluding carboxylic acids is 1. The van der Waals surface area contributed by atoms with E-state index in [1.165, 1.54) is 0 Å². The smallest absolute Gasteiger partial charge is 0.290 e. The van der Waals surface area contributed by atoms with Crippen molar-refractivity contribution >= 4 is 12.4 Å². The third-order valence-corrected chi connectivity index (χ3v) is 1.41. The summed E-state index contributed by atoms with van der Waals surface area (Å²) < 4.78 is 0. The monoisotopic (exact) mass is 181 g/mol. The molecule has 4 heteroatoms. The predicted octanol–water partition coefficient (Wildman–Crippen LogP) is 0.795. The maximum Gasteiger partial charge on any atom is 0.290 e. The third kappa shape index (κ3) is 3.91. The first-order chi connectivity index (χ1) is 6.13. The average molecular weight is 181 g/mol. The minimum Gasteiger partial charge on any atom is -0.483 e. The lowest BCUT2D eigenvalue weighted by Gasteiger charge is -1.97. The molecule has 3 N–H and O–H groups in total. The molecule has 70 valence electrons. The van der Waals surface area contributed by atoms with Gasteiger partial charge in [0, 0.05) is 5.56 Å². The highest BCUT2D eigenvalue weighted by Crippen LogP contribution is 2.04. The second kappa shape index (κ2) is 5.77. The van der Waals surface area contributed by atoms with E-state index in [-0.39, 0.29) is 12.4 Å². The molecule has 13 heavy (non-hydrogen) atoms. The summed E-state index contributed by atoms with van der Waals surface area (Å²) >= 11 is 0. The summed E-state index contributed by atoms with van der Waals surface area (Å²) in [7, 11) is 0. The van der Waals surface area contributed by atoms with Gasteiger partial charge >= 0.3 is 0 Å². The summed E-state index contributed by atoms with van der Waals surface area (Å²) in [6, 6.07) is 7.26. The summed E-state index contributed by atoms with van der Waals surface area (Å²) in [4.78, 5) is 19.0. The molecule has 1 amide bonds. The number of benzene rings is 1. The Morgan fingerprint density at radius 1 is 1.46 bits per heavy atom. The van der Waals surface area contributed by atoms with Crippen molar-refractivity contribution in [3.05, 3.63) is 35.4 Å². The second-order valence-electron chi connectivity index (χ2n) is 2.28. The van der Waals surface area contributed by atoms with E-state index in [2.05, 4.69) is 0 Å². The first-order valence-corrected chi connectivity index (χ1v) is 3.56. The molecule has 0 aliphatic rings. The topological polar surface area (TPSA) is 80.4 Å². The third-order valence-electron chi connectivity index (χ3n) is 1.41. The first kappa shape index (κ1) is 11.2. The van der Waals surface area contributed by atoms with E-state index in [1.807, 2.05) is 19.1 Å². The van der Waals surface area contributed by atoms with E-state index >= 15 is 0 Å². The fourth-order valence-electron chi connectivity index (χ4n) is 0.849. The largest absolute Gasteiger partial charge is 0.483 e. The van der Waals surface area contributed by atoms with Gasteiger partial charge in [-0.05, 0) is 18.6 Å². The zero-order valence-electron chi connectivity index (χ0n) is 7.23. The Hall–Kier alpha value is -1.84. The number of aryl methyl sites for hydroxylation is 1. The standard InChI is InChI=1S/C8H9NO.CH2O2/c1-6-4-2-3-5-7(6)8(9)10;2-1-3/h2-5H,1H3,(H2,9,10);1H,(H,2,3). The van der Waals surface area contributed by atoms with Gasteiger partial charge in [0.25, 0.3) is 6.47 Å². The zero-order chi connectivity index (χ0) is 10.3. The van der Waals surface area contributed by atoms with Crippen LogP contribution in [0.15, 0.2) is 24.3 Å². The fraction of sp³-hybridized carbons (Fsp3) is 0.111. The molecule has 1 rings (SSSR count). The molecule has 0 heterocycles. The van der Waals surface area contributed by atoms with Crippen molar-refractivity contribution in [3.8, 4) is 0 Å². The first-order valence-electron chi connectivity index (χ1n) is 3.56. The minimum atomic E-state index is -0.363. The SMILES string of the molecule is Cc1ccccc1C(N)=O.O=CO. The summed E-state index contributed by atoms with van der Waals surface area (Å²) in [6.07, 6.45) is 0. The molecule has 0 bridgehead atoms. The Balaban J connectivity index is 0.000000424. The summed E-state index contributed by atoms with van der Waals surface area (Å²) in [5.74, 6) is -0.363. The molecule has 0 aromatic heterocycles. The van der Waals surface area contributed by atoms with Crippen LogP contribution in [0.3, 0.4) is 0 Å². The minimum absolute atomic E-state index is 0.250. The lowest BCUT2D eigenvalue weighted by Crippen LogP contribution is -2.12. The maximum absolute atomic E-state index is 10.6. The molecule has 0 unspecified atom stereocenters. The molecule has 0 aliphatic heterocycles. The predicted molar refractivity (Wildman–Crippen MR) is 48.4 cm³/mol. The van der Waals surface area contributed by atoms with Gasteiger partial charge in [0.1, 0.15) is 0 Å². The normalized spacial score (nSPS) is 8.08. The van der Waals surface area contributed by atoms with Crippen LogP contribution >= 0.6 is 0 Å². The fourth-order valence-corrected chi connectivity index (χ4v) is 0.849. The van der Waals surface area contributed by atoms with Crippen molar-refractivity contribution < 1.29 is 14.7 Å². The van der Waals surface area contributed by atoms with Crippen molar-refractivity contribution in [3.63, 3.8) is 0 Å². The molecule has 1 aromatic carbocycles. The summed E-state index contributed by atoms with van der Waals surface area (Å²) in [5, 5.41) is 6.89. The van der Waals surface area contributed by atoms with Crippen molar-refractivity contribution in [2.24, 2.45) is 5.73 Å². The molecule has 0 aliphatic carbocycles. The van der Waals surface area contributed by atoms with Crippen LogP contribution in [0.4, 0.5) is 0 Å². The Morgan fingerprint density at radius 3 is 2.23 bits per heavy atom. The van der Waals surface area contributed by atoms with Gasteiger partial charge in [0.2, 0.25) is 5.91 Å². The maximum atomic E-state index is 10.6. The molecule has 1 aromatic rings. The quantitative estimate of drug-likeness (QED) is 0.628. The van der Waals surface area contributed by atoms with Gasteiger partial charge in [-0.25, -0.2) is 0 Å². The molecule has 0 saturated heterocycles. The number of primary amides is 1. The number of nitrogens with two attached hydrogens (primary N) is 1. The van der Waals surface area contributed by atoms with E-state index in [1.54, 1.807) is 12.1 Å². The molecule has 0 radical (unpaired) electrons. The number of carbonyl (C=O) groups is 2. The van der Waals surface area contributed by atoms with E-state index in [0.717, 1.165) is 5.56 Å². The van der Waals surface area contributed by atoms with Gasteiger partial charge in [0.15, 0.2) is 0 Å². The van der Waals surface area contributed by atoms with Gasteiger partial charge in [-0.3, -0.25) is 9.59 Å². The molecular weight excluding hydrogens is 170 g/mol. The van der Waals surface area contributed by atoms with Gasteiger partial charge in [-0.1, -0.05) is 18.2 Å². The van der Waals surface area contributed by atoms with Gasteiger partial charge in [-0.2, -0.15) is 0 Å². The number of hydrogen-bond acceptors (Lipinski definition) is 2. The molecular formula is C9H11NO3. The summed E-state index contributed by atoms with van der Waals surface area (Å²) in [6.45, 7) is 1.61. The molecule has 0 atom stereocenters. The van der Waals surface area contributed by atoms with Crippen LogP contribution in [0, 0.1) is 6.92 Å². The van der Waals surface area contributed by atoms with Crippen LogP contribution in [0.25, 0.3) is 0 Å². The van der Waals surface area contributed by atoms with Gasteiger partial charge < -0.3 is 10.8 Å². The molecule has 0 saturated carbocycles. The van der Waals surface area contributed by atoms with Crippen molar-refractivity contribution in [1.29, 1.82) is 0 Å². The lowest BCUT2D eigenvalue weighted by molar-refractivity contribution is -0.122. The van der Waals surface area contributed by atoms with E-state index in [0.29, 0.717) is 5.56 Å². The Labute approximate surface area is 76.0 Å². The number of carboxylic acid groups (broad SMARTS) is 1. The Kier molecular flexibility index (Phi) is 4.95. The van der Waals surface area contributed by atoms with Crippen LogP contribution in [-0.2, 0) is 4.79 Å². The van der Waals surface area contributed by atoms with Crippen LogP contribution in [-0.4, -0.2) is 17.5 Å². The number of hydrogen-bond donors (Lipinski definition) is 2. The van der Waals surface area contributed by atoms with Crippen molar-refractivity contribution in [1.82, 2.24) is 0 Å². The van der Waals surface area contributed by atoms with Crippen LogP contribution in [0.5, 0.6) is 0 Å². The van der Waals surface area contributed by atoms with Crippen LogP contribution in [0.1, 0.15) is 15.9 Å². The number of rotatable bonds is 1. The van der Waals surface area contributed by atoms with E-state index in [9.17, 15) is 4.79 Å². The van der Waals surface area contributed by atoms with Crippen molar-refractivity contribution in [2.45, 2.75) is 6.92 Å². The Morgan fingerprint density at radius 2 is 1.92 bits per heavy atom. The van der Waals surface area contributed by atoms with Gasteiger partial charge in [-0.15, -0.1) is 0 Å². The highest BCUT2D eigenvalue weighted by atomic mass is 16.3. The van der Waals surface area contributed by atoms with Crippen molar-refractivity contribution in [2.75, 3.05) is 0 Å². The highest BCUT2D eigenvalue weighted by molar-refractivity contribution is 5.94. The van der Waals surface area contributed by atoms with Crippen LogP contribution < -0.4 is 5.73 Å².